The first-order chi connectivity index (χ1) is 9.70. The molecule has 5 nitrogen and oxygen atoms in total. The SMILES string of the molecule is COC=C1C(=O)NC(=O)c2ccc(-n3cccc3)cc21. The summed E-state index contributed by atoms with van der Waals surface area (Å²) < 4.78 is 6.84. The van der Waals surface area contributed by atoms with Crippen LogP contribution in [0.5, 0.6) is 0 Å². The van der Waals surface area contributed by atoms with Crippen LogP contribution in [0.15, 0.2) is 49.0 Å². The highest BCUT2D eigenvalue weighted by Crippen LogP contribution is 2.26. The van der Waals surface area contributed by atoms with Crippen LogP contribution in [0.25, 0.3) is 11.3 Å². The molecule has 20 heavy (non-hydrogen) atoms. The lowest BCUT2D eigenvalue weighted by molar-refractivity contribution is -0.114. The van der Waals surface area contributed by atoms with Crippen molar-refractivity contribution in [3.63, 3.8) is 0 Å². The topological polar surface area (TPSA) is 60.3 Å². The van der Waals surface area contributed by atoms with Crippen LogP contribution in [0, 0.1) is 0 Å². The Morgan fingerprint density at radius 1 is 1.10 bits per heavy atom. The Bertz CT molecular complexity index is 715. The summed E-state index contributed by atoms with van der Waals surface area (Å²) in [6, 6.07) is 9.15. The summed E-state index contributed by atoms with van der Waals surface area (Å²) in [7, 11) is 1.46. The van der Waals surface area contributed by atoms with E-state index in [-0.39, 0.29) is 0 Å². The number of hydrogen-bond donors (Lipinski definition) is 1. The Balaban J connectivity index is 2.19. The largest absolute Gasteiger partial charge is 0.504 e. The van der Waals surface area contributed by atoms with Crippen molar-refractivity contribution in [3.8, 4) is 5.69 Å². The van der Waals surface area contributed by atoms with Gasteiger partial charge in [-0.15, -0.1) is 0 Å². The van der Waals surface area contributed by atoms with E-state index in [0.29, 0.717) is 16.7 Å². The molecule has 0 saturated carbocycles. The molecule has 0 unspecified atom stereocenters. The lowest BCUT2D eigenvalue weighted by Gasteiger charge is -2.19. The fourth-order valence-electron chi connectivity index (χ4n) is 2.22. The van der Waals surface area contributed by atoms with Gasteiger partial charge in [-0.25, -0.2) is 0 Å². The quantitative estimate of drug-likeness (QED) is 0.512. The minimum absolute atomic E-state index is 0.344. The van der Waals surface area contributed by atoms with Crippen LogP contribution in [0.2, 0.25) is 0 Å². The van der Waals surface area contributed by atoms with E-state index in [2.05, 4.69) is 5.32 Å². The molecule has 0 radical (unpaired) electrons. The normalized spacial score (nSPS) is 15.9. The van der Waals surface area contributed by atoms with E-state index >= 15 is 0 Å². The number of amides is 2. The van der Waals surface area contributed by atoms with Crippen LogP contribution in [-0.2, 0) is 9.53 Å². The number of nitrogens with one attached hydrogen (secondary N) is 1. The molecule has 0 bridgehead atoms. The molecule has 5 heteroatoms. The highest BCUT2D eigenvalue weighted by Gasteiger charge is 2.27. The number of benzene rings is 1. The van der Waals surface area contributed by atoms with Crippen molar-refractivity contribution in [2.75, 3.05) is 7.11 Å². The third-order valence-electron chi connectivity index (χ3n) is 3.15. The van der Waals surface area contributed by atoms with Gasteiger partial charge in [0, 0.05) is 29.2 Å². The second-order valence-electron chi connectivity index (χ2n) is 4.37. The molecule has 1 aliphatic heterocycles. The zero-order valence-corrected chi connectivity index (χ0v) is 10.8. The van der Waals surface area contributed by atoms with Crippen LogP contribution in [0.4, 0.5) is 0 Å². The summed E-state index contributed by atoms with van der Waals surface area (Å²) in [5.41, 5.74) is 2.25. The number of ether oxygens (including phenoxy) is 1. The van der Waals surface area contributed by atoms with Crippen LogP contribution in [-0.4, -0.2) is 23.5 Å². The standard InChI is InChI=1S/C15H12N2O3/c1-20-9-13-12-8-10(17-6-2-3-7-17)4-5-11(12)14(18)16-15(13)19/h2-9H,1H3,(H,16,18,19). The smallest absolute Gasteiger partial charge is 0.261 e. The minimum atomic E-state index is -0.450. The van der Waals surface area contributed by atoms with Crippen LogP contribution in [0.3, 0.4) is 0 Å². The van der Waals surface area contributed by atoms with Crippen LogP contribution < -0.4 is 5.32 Å². The molecule has 0 atom stereocenters. The molecule has 3 rings (SSSR count). The molecule has 2 aromatic rings. The average molecular weight is 268 g/mol. The number of fused-ring (bicyclic) bond motifs is 1. The molecule has 0 spiro atoms. The zero-order chi connectivity index (χ0) is 14.1. The van der Waals surface area contributed by atoms with Gasteiger partial charge in [0.1, 0.15) is 0 Å². The zero-order valence-electron chi connectivity index (χ0n) is 10.8. The Morgan fingerprint density at radius 3 is 2.55 bits per heavy atom. The maximum Gasteiger partial charge on any atom is 0.261 e. The molecule has 100 valence electrons. The first kappa shape index (κ1) is 12.2. The van der Waals surface area contributed by atoms with Crippen molar-refractivity contribution in [1.29, 1.82) is 0 Å². The van der Waals surface area contributed by atoms with E-state index in [4.69, 9.17) is 4.74 Å². The van der Waals surface area contributed by atoms with E-state index in [0.717, 1.165) is 5.69 Å². The Labute approximate surface area is 115 Å². The van der Waals surface area contributed by atoms with E-state index in [9.17, 15) is 9.59 Å². The molecule has 2 amide bonds. The lowest BCUT2D eigenvalue weighted by atomic mass is 9.95. The predicted octanol–water partition coefficient (Wildman–Crippen LogP) is 1.73. The molecule has 0 aliphatic carbocycles. The van der Waals surface area contributed by atoms with Gasteiger partial charge in [0.25, 0.3) is 11.8 Å². The third kappa shape index (κ3) is 1.89. The van der Waals surface area contributed by atoms with E-state index < -0.39 is 11.8 Å². The summed E-state index contributed by atoms with van der Waals surface area (Å²) >= 11 is 0. The highest BCUT2D eigenvalue weighted by molar-refractivity contribution is 6.30. The van der Waals surface area contributed by atoms with Gasteiger partial charge in [0.05, 0.1) is 18.9 Å². The molecule has 2 heterocycles. The van der Waals surface area contributed by atoms with Gasteiger partial charge in [-0.2, -0.15) is 0 Å². The van der Waals surface area contributed by atoms with Gasteiger partial charge >= 0.3 is 0 Å². The second kappa shape index (κ2) is 4.70. The first-order valence-electron chi connectivity index (χ1n) is 6.07. The fraction of sp³-hybridized carbons (Fsp3) is 0.0667. The van der Waals surface area contributed by atoms with Gasteiger partial charge in [0.15, 0.2) is 0 Å². The number of carbonyl (C=O) groups excluding carboxylic acids is 2. The summed E-state index contributed by atoms with van der Waals surface area (Å²) in [6.45, 7) is 0. The average Bonchev–Trinajstić information content (AvgIpc) is 2.97. The van der Waals surface area contributed by atoms with E-state index in [1.54, 1.807) is 12.1 Å². The number of methoxy groups -OCH3 is 1. The van der Waals surface area contributed by atoms with Gasteiger partial charge in [-0.3, -0.25) is 14.9 Å². The van der Waals surface area contributed by atoms with Crippen molar-refractivity contribution < 1.29 is 14.3 Å². The maximum absolute atomic E-state index is 11.9. The number of hydrogen-bond acceptors (Lipinski definition) is 3. The Hall–Kier alpha value is -2.82. The molecule has 1 aliphatic rings. The molecule has 0 fully saturated rings. The van der Waals surface area contributed by atoms with Gasteiger partial charge in [-0.1, -0.05) is 0 Å². The molecule has 1 aromatic carbocycles. The molecular weight excluding hydrogens is 256 g/mol. The second-order valence-corrected chi connectivity index (χ2v) is 4.37. The molecule has 1 N–H and O–H groups in total. The monoisotopic (exact) mass is 268 g/mol. The number of nitrogens with zero attached hydrogens (tertiary/aromatic N) is 1. The first-order valence-corrected chi connectivity index (χ1v) is 6.07. The molecule has 1 aromatic heterocycles. The van der Waals surface area contributed by atoms with Crippen molar-refractivity contribution in [3.05, 3.63) is 60.1 Å². The van der Waals surface area contributed by atoms with E-state index in [1.807, 2.05) is 35.2 Å². The van der Waals surface area contributed by atoms with Gasteiger partial charge < -0.3 is 9.30 Å². The number of aromatic nitrogens is 1. The highest BCUT2D eigenvalue weighted by atomic mass is 16.5. The van der Waals surface area contributed by atoms with Crippen molar-refractivity contribution in [2.24, 2.45) is 0 Å². The van der Waals surface area contributed by atoms with Gasteiger partial charge in [0.2, 0.25) is 0 Å². The van der Waals surface area contributed by atoms with Crippen molar-refractivity contribution in [1.82, 2.24) is 9.88 Å². The summed E-state index contributed by atoms with van der Waals surface area (Å²) in [5, 5.41) is 2.29. The van der Waals surface area contributed by atoms with E-state index in [1.165, 1.54) is 13.4 Å². The summed E-state index contributed by atoms with van der Waals surface area (Å²) in [6.07, 6.45) is 5.14. The summed E-state index contributed by atoms with van der Waals surface area (Å²) in [5.74, 6) is -0.841. The number of rotatable bonds is 2. The summed E-state index contributed by atoms with van der Waals surface area (Å²) in [4.78, 5) is 23.7. The minimum Gasteiger partial charge on any atom is -0.504 e. The van der Waals surface area contributed by atoms with Crippen molar-refractivity contribution >= 4 is 17.4 Å². The Morgan fingerprint density at radius 2 is 1.85 bits per heavy atom. The lowest BCUT2D eigenvalue weighted by Crippen LogP contribution is -2.36. The van der Waals surface area contributed by atoms with Crippen LogP contribution >= 0.6 is 0 Å². The molecular formula is C15H12N2O3. The maximum atomic E-state index is 11.9. The number of carbonyl (C=O) groups is 2. The van der Waals surface area contributed by atoms with Crippen LogP contribution in [0.1, 0.15) is 15.9 Å². The third-order valence-corrected chi connectivity index (χ3v) is 3.15. The number of imide groups is 1. The fourth-order valence-corrected chi connectivity index (χ4v) is 2.22. The predicted molar refractivity (Wildman–Crippen MR) is 73.2 cm³/mol. The van der Waals surface area contributed by atoms with Crippen molar-refractivity contribution in [2.45, 2.75) is 0 Å². The Kier molecular flexibility index (Phi) is 2.87. The molecule has 0 saturated heterocycles. The van der Waals surface area contributed by atoms with Gasteiger partial charge in [-0.05, 0) is 30.3 Å².